The molecule has 82 valence electrons. The van der Waals surface area contributed by atoms with E-state index >= 15 is 0 Å². The van der Waals surface area contributed by atoms with E-state index in [0.29, 0.717) is 12.5 Å². The Bertz CT molecular complexity index is 471. The number of benzene rings is 1. The van der Waals surface area contributed by atoms with E-state index < -0.39 is 0 Å². The Labute approximate surface area is 103 Å². The van der Waals surface area contributed by atoms with Crippen LogP contribution < -0.4 is 4.74 Å². The smallest absolute Gasteiger partial charge is 0.216 e. The maximum atomic E-state index is 5.65. The molecule has 0 radical (unpaired) electrons. The number of hydrogen-bond acceptors (Lipinski definition) is 2. The first kappa shape index (κ1) is 11.1. The highest BCUT2D eigenvalue weighted by Gasteiger charge is 2.01. The quantitative estimate of drug-likeness (QED) is 0.853. The highest BCUT2D eigenvalue weighted by Crippen LogP contribution is 2.19. The lowest BCUT2D eigenvalue weighted by molar-refractivity contribution is 0.291. The predicted octanol–water partition coefficient (Wildman–Crippen LogP) is 3.73. The molecule has 1 aromatic heterocycles. The minimum atomic E-state index is 0.552. The molecule has 2 rings (SSSR count). The van der Waals surface area contributed by atoms with Gasteiger partial charge in [-0.15, -0.1) is 0 Å². The molecule has 0 aliphatic carbocycles. The zero-order valence-corrected chi connectivity index (χ0v) is 10.6. The molecule has 0 saturated heterocycles. The van der Waals surface area contributed by atoms with Gasteiger partial charge >= 0.3 is 0 Å². The maximum absolute atomic E-state index is 5.65. The lowest BCUT2D eigenvalue weighted by Crippen LogP contribution is -1.98. The van der Waals surface area contributed by atoms with Crippen LogP contribution in [0.3, 0.4) is 0 Å². The molecule has 0 N–H and O–H groups in total. The summed E-state index contributed by atoms with van der Waals surface area (Å²) < 4.78 is 6.62. The van der Waals surface area contributed by atoms with Crippen LogP contribution in [0.2, 0.25) is 0 Å². The molecule has 0 bridgehead atoms. The minimum absolute atomic E-state index is 0.552. The summed E-state index contributed by atoms with van der Waals surface area (Å²) in [7, 11) is 0. The van der Waals surface area contributed by atoms with Gasteiger partial charge in [0.05, 0.1) is 0 Å². The SMILES string of the molecule is Cc1cc(Br)cnc1OCc1ccccc1. The first-order chi connectivity index (χ1) is 7.75. The van der Waals surface area contributed by atoms with E-state index in [9.17, 15) is 0 Å². The molecule has 0 spiro atoms. The van der Waals surface area contributed by atoms with Crippen LogP contribution in [0.25, 0.3) is 0 Å². The summed E-state index contributed by atoms with van der Waals surface area (Å²) in [6, 6.07) is 12.1. The van der Waals surface area contributed by atoms with Gasteiger partial charge in [-0.2, -0.15) is 0 Å². The number of aryl methyl sites for hydroxylation is 1. The van der Waals surface area contributed by atoms with Crippen LogP contribution in [0, 0.1) is 6.92 Å². The molecule has 2 nitrogen and oxygen atoms in total. The molecule has 0 amide bonds. The van der Waals surface area contributed by atoms with E-state index in [1.807, 2.05) is 43.3 Å². The van der Waals surface area contributed by atoms with E-state index in [-0.39, 0.29) is 0 Å². The average Bonchev–Trinajstić information content (AvgIpc) is 2.29. The van der Waals surface area contributed by atoms with Gasteiger partial charge in [-0.05, 0) is 34.5 Å². The van der Waals surface area contributed by atoms with Crippen molar-refractivity contribution in [2.24, 2.45) is 0 Å². The first-order valence-corrected chi connectivity index (χ1v) is 5.84. The van der Waals surface area contributed by atoms with Gasteiger partial charge in [0.25, 0.3) is 0 Å². The summed E-state index contributed by atoms with van der Waals surface area (Å²) in [5, 5.41) is 0. The van der Waals surface area contributed by atoms with Crippen molar-refractivity contribution < 1.29 is 4.74 Å². The lowest BCUT2D eigenvalue weighted by Gasteiger charge is -2.07. The molecule has 0 atom stereocenters. The Morgan fingerprint density at radius 1 is 1.25 bits per heavy atom. The van der Waals surface area contributed by atoms with Gasteiger partial charge in [-0.1, -0.05) is 30.3 Å². The average molecular weight is 278 g/mol. The molecule has 16 heavy (non-hydrogen) atoms. The number of aromatic nitrogens is 1. The van der Waals surface area contributed by atoms with Crippen LogP contribution in [0.4, 0.5) is 0 Å². The third-order valence-corrected chi connectivity index (χ3v) is 2.65. The van der Waals surface area contributed by atoms with Gasteiger partial charge in [0.2, 0.25) is 5.88 Å². The van der Waals surface area contributed by atoms with Crippen LogP contribution in [-0.2, 0) is 6.61 Å². The summed E-state index contributed by atoms with van der Waals surface area (Å²) in [5.41, 5.74) is 2.18. The Morgan fingerprint density at radius 2 is 2.00 bits per heavy atom. The largest absolute Gasteiger partial charge is 0.473 e. The molecular weight excluding hydrogens is 266 g/mol. The third-order valence-electron chi connectivity index (χ3n) is 2.22. The summed E-state index contributed by atoms with van der Waals surface area (Å²) >= 11 is 3.37. The van der Waals surface area contributed by atoms with E-state index in [0.717, 1.165) is 15.6 Å². The van der Waals surface area contributed by atoms with Gasteiger partial charge in [-0.3, -0.25) is 0 Å². The number of ether oxygens (including phenoxy) is 1. The van der Waals surface area contributed by atoms with Gasteiger partial charge in [0, 0.05) is 16.2 Å². The molecule has 0 aliphatic heterocycles. The van der Waals surface area contributed by atoms with Gasteiger partial charge in [-0.25, -0.2) is 4.98 Å². The van der Waals surface area contributed by atoms with E-state index in [1.165, 1.54) is 0 Å². The second-order valence-electron chi connectivity index (χ2n) is 3.55. The third kappa shape index (κ3) is 2.83. The van der Waals surface area contributed by atoms with Crippen molar-refractivity contribution in [3.63, 3.8) is 0 Å². The summed E-state index contributed by atoms with van der Waals surface area (Å²) in [4.78, 5) is 4.22. The number of rotatable bonds is 3. The maximum Gasteiger partial charge on any atom is 0.216 e. The van der Waals surface area contributed by atoms with Crippen molar-refractivity contribution in [1.29, 1.82) is 0 Å². The van der Waals surface area contributed by atoms with Crippen LogP contribution in [0.5, 0.6) is 5.88 Å². The Balaban J connectivity index is 2.05. The Kier molecular flexibility index (Phi) is 3.57. The molecule has 0 aliphatic rings. The fraction of sp³-hybridized carbons (Fsp3) is 0.154. The van der Waals surface area contributed by atoms with Crippen molar-refractivity contribution in [3.05, 3.63) is 58.2 Å². The normalized spacial score (nSPS) is 10.1. The topological polar surface area (TPSA) is 22.1 Å². The summed E-state index contributed by atoms with van der Waals surface area (Å²) in [6.07, 6.45) is 1.74. The second-order valence-corrected chi connectivity index (χ2v) is 4.47. The molecule has 0 unspecified atom stereocenters. The van der Waals surface area contributed by atoms with E-state index in [4.69, 9.17) is 4.74 Å². The monoisotopic (exact) mass is 277 g/mol. The lowest BCUT2D eigenvalue weighted by atomic mass is 10.2. The van der Waals surface area contributed by atoms with E-state index in [1.54, 1.807) is 6.20 Å². The Morgan fingerprint density at radius 3 is 2.69 bits per heavy atom. The molecule has 2 aromatic rings. The van der Waals surface area contributed by atoms with Crippen LogP contribution in [-0.4, -0.2) is 4.98 Å². The van der Waals surface area contributed by atoms with Crippen LogP contribution in [0.1, 0.15) is 11.1 Å². The number of pyridine rings is 1. The highest BCUT2D eigenvalue weighted by molar-refractivity contribution is 9.10. The molecule has 0 saturated carbocycles. The number of halogens is 1. The van der Waals surface area contributed by atoms with Crippen LogP contribution in [0.15, 0.2) is 47.1 Å². The van der Waals surface area contributed by atoms with Gasteiger partial charge in [0.15, 0.2) is 0 Å². The molecule has 0 fully saturated rings. The molecule has 3 heteroatoms. The molecule has 1 heterocycles. The van der Waals surface area contributed by atoms with Crippen molar-refractivity contribution in [2.75, 3.05) is 0 Å². The Hall–Kier alpha value is -1.35. The first-order valence-electron chi connectivity index (χ1n) is 5.04. The fourth-order valence-corrected chi connectivity index (χ4v) is 1.85. The predicted molar refractivity (Wildman–Crippen MR) is 67.4 cm³/mol. The van der Waals surface area contributed by atoms with Crippen molar-refractivity contribution in [1.82, 2.24) is 4.98 Å². The molecular formula is C13H12BrNO. The second kappa shape index (κ2) is 5.12. The highest BCUT2D eigenvalue weighted by atomic mass is 79.9. The minimum Gasteiger partial charge on any atom is -0.473 e. The zero-order valence-electron chi connectivity index (χ0n) is 8.98. The van der Waals surface area contributed by atoms with Crippen molar-refractivity contribution in [2.45, 2.75) is 13.5 Å². The summed E-state index contributed by atoms with van der Waals surface area (Å²) in [6.45, 7) is 2.54. The number of nitrogens with zero attached hydrogens (tertiary/aromatic N) is 1. The van der Waals surface area contributed by atoms with Crippen molar-refractivity contribution in [3.8, 4) is 5.88 Å². The van der Waals surface area contributed by atoms with Gasteiger partial charge in [0.1, 0.15) is 6.61 Å². The number of hydrogen-bond donors (Lipinski definition) is 0. The van der Waals surface area contributed by atoms with E-state index in [2.05, 4.69) is 20.9 Å². The van der Waals surface area contributed by atoms with Crippen LogP contribution >= 0.6 is 15.9 Å². The fourth-order valence-electron chi connectivity index (χ4n) is 1.40. The standard InChI is InChI=1S/C13H12BrNO/c1-10-7-12(14)8-15-13(10)16-9-11-5-3-2-4-6-11/h2-8H,9H2,1H3. The zero-order chi connectivity index (χ0) is 11.4. The molecule has 1 aromatic carbocycles. The van der Waals surface area contributed by atoms with Crippen molar-refractivity contribution >= 4 is 15.9 Å². The van der Waals surface area contributed by atoms with Gasteiger partial charge < -0.3 is 4.74 Å². The summed E-state index contributed by atoms with van der Waals surface area (Å²) in [5.74, 6) is 0.687.